The number of benzene rings is 2. The third-order valence-electron chi connectivity index (χ3n) is 5.48. The molecule has 3 N–H and O–H groups in total. The average molecular weight is 527 g/mol. The predicted molar refractivity (Wildman–Crippen MR) is 134 cm³/mol. The number of carbonyl (C=O) groups is 2. The van der Waals surface area contributed by atoms with E-state index in [1.54, 1.807) is 18.2 Å². The lowest BCUT2D eigenvalue weighted by Gasteiger charge is -2.11. The van der Waals surface area contributed by atoms with Crippen molar-refractivity contribution in [2.75, 3.05) is 0 Å². The standard InChI is InChI=1S/C25H23ClN4O5S/c1-16-13-21(17(2)30(16)19-7-4-3-5-8-19)25(32)29-28-24(31)18-10-11-22(26)23(14-18)36(33,34)27-15-20-9-6-12-35-20/h3-14,27H,15H2,1-2H3,(H,28,31)(H,29,32). The number of hydrogen-bond acceptors (Lipinski definition) is 5. The van der Waals surface area contributed by atoms with Gasteiger partial charge in [0.25, 0.3) is 11.8 Å². The number of halogens is 1. The summed E-state index contributed by atoms with van der Waals surface area (Å²) in [5, 5.41) is -0.0594. The molecular weight excluding hydrogens is 504 g/mol. The number of hydrazine groups is 1. The zero-order valence-corrected chi connectivity index (χ0v) is 21.0. The largest absolute Gasteiger partial charge is 0.468 e. The molecule has 0 saturated heterocycles. The SMILES string of the molecule is Cc1cc(C(=O)NNC(=O)c2ccc(Cl)c(S(=O)(=O)NCc3ccco3)c2)c(C)n1-c1ccccc1. The summed E-state index contributed by atoms with van der Waals surface area (Å²) in [7, 11) is -4.04. The molecule has 0 aliphatic carbocycles. The lowest BCUT2D eigenvalue weighted by Crippen LogP contribution is -2.41. The summed E-state index contributed by atoms with van der Waals surface area (Å²) < 4.78 is 34.9. The monoisotopic (exact) mass is 526 g/mol. The molecule has 0 aliphatic heterocycles. The first-order valence-electron chi connectivity index (χ1n) is 10.8. The molecule has 2 heterocycles. The Morgan fingerprint density at radius 2 is 1.67 bits per heavy atom. The first-order chi connectivity index (χ1) is 17.2. The van der Waals surface area contributed by atoms with E-state index >= 15 is 0 Å². The highest BCUT2D eigenvalue weighted by atomic mass is 35.5. The van der Waals surface area contributed by atoms with Crippen molar-refractivity contribution < 1.29 is 22.4 Å². The summed E-state index contributed by atoms with van der Waals surface area (Å²) >= 11 is 6.09. The van der Waals surface area contributed by atoms with E-state index < -0.39 is 21.8 Å². The number of carbonyl (C=O) groups excluding carboxylic acids is 2. The van der Waals surface area contributed by atoms with Crippen molar-refractivity contribution in [2.45, 2.75) is 25.3 Å². The van der Waals surface area contributed by atoms with Gasteiger partial charge in [-0.25, -0.2) is 13.1 Å². The van der Waals surface area contributed by atoms with Gasteiger partial charge in [-0.15, -0.1) is 0 Å². The van der Waals surface area contributed by atoms with Gasteiger partial charge < -0.3 is 8.98 Å². The van der Waals surface area contributed by atoms with Crippen LogP contribution in [0.25, 0.3) is 5.69 Å². The fourth-order valence-electron chi connectivity index (χ4n) is 3.73. The van der Waals surface area contributed by atoms with Gasteiger partial charge >= 0.3 is 0 Å². The smallest absolute Gasteiger partial charge is 0.271 e. The van der Waals surface area contributed by atoms with Crippen LogP contribution in [-0.4, -0.2) is 24.8 Å². The first kappa shape index (κ1) is 25.2. The summed E-state index contributed by atoms with van der Waals surface area (Å²) in [5.74, 6) is -0.808. The Labute approximate surface area is 213 Å². The molecule has 9 nitrogen and oxygen atoms in total. The normalized spacial score (nSPS) is 11.3. The van der Waals surface area contributed by atoms with Crippen molar-refractivity contribution in [1.82, 2.24) is 20.1 Å². The lowest BCUT2D eigenvalue weighted by atomic mass is 10.2. The number of aryl methyl sites for hydroxylation is 1. The van der Waals surface area contributed by atoms with Crippen molar-refractivity contribution in [2.24, 2.45) is 0 Å². The number of para-hydroxylation sites is 1. The Morgan fingerprint density at radius 1 is 0.944 bits per heavy atom. The Morgan fingerprint density at radius 3 is 2.36 bits per heavy atom. The molecule has 11 heteroatoms. The minimum Gasteiger partial charge on any atom is -0.468 e. The van der Waals surface area contributed by atoms with Gasteiger partial charge in [0.2, 0.25) is 10.0 Å². The number of aromatic nitrogens is 1. The number of nitrogens with one attached hydrogen (secondary N) is 3. The van der Waals surface area contributed by atoms with Crippen LogP contribution < -0.4 is 15.6 Å². The molecule has 2 aromatic carbocycles. The zero-order valence-electron chi connectivity index (χ0n) is 19.4. The third kappa shape index (κ3) is 5.35. The highest BCUT2D eigenvalue weighted by Crippen LogP contribution is 2.23. The van der Waals surface area contributed by atoms with Crippen molar-refractivity contribution in [3.63, 3.8) is 0 Å². The topological polar surface area (TPSA) is 122 Å². The molecule has 2 amide bonds. The summed E-state index contributed by atoms with van der Waals surface area (Å²) in [6, 6.07) is 18.3. The van der Waals surface area contributed by atoms with E-state index in [1.165, 1.54) is 18.4 Å². The van der Waals surface area contributed by atoms with Crippen LogP contribution in [0.5, 0.6) is 0 Å². The fourth-order valence-corrected chi connectivity index (χ4v) is 5.24. The van der Waals surface area contributed by atoms with Gasteiger partial charge in [0.1, 0.15) is 10.7 Å². The number of furan rings is 1. The third-order valence-corrected chi connectivity index (χ3v) is 7.36. The van der Waals surface area contributed by atoms with E-state index in [2.05, 4.69) is 15.6 Å². The maximum absolute atomic E-state index is 12.8. The number of hydrogen-bond donors (Lipinski definition) is 3. The van der Waals surface area contributed by atoms with Gasteiger partial charge in [-0.3, -0.25) is 20.4 Å². The van der Waals surface area contributed by atoms with Crippen molar-refractivity contribution in [3.8, 4) is 5.69 Å². The van der Waals surface area contributed by atoms with Crippen LogP contribution in [0.15, 0.2) is 82.3 Å². The minimum atomic E-state index is -4.04. The van der Waals surface area contributed by atoms with Crippen LogP contribution in [-0.2, 0) is 16.6 Å². The summed E-state index contributed by atoms with van der Waals surface area (Å²) in [6.07, 6.45) is 1.43. The molecule has 186 valence electrons. The van der Waals surface area contributed by atoms with E-state index in [0.29, 0.717) is 17.0 Å². The van der Waals surface area contributed by atoms with Gasteiger partial charge in [-0.05, 0) is 62.4 Å². The minimum absolute atomic E-state index is 0.00664. The first-order valence-corrected chi connectivity index (χ1v) is 12.7. The van der Waals surface area contributed by atoms with E-state index in [4.69, 9.17) is 16.0 Å². The molecule has 0 fully saturated rings. The lowest BCUT2D eigenvalue weighted by molar-refractivity contribution is 0.0846. The molecule has 36 heavy (non-hydrogen) atoms. The van der Waals surface area contributed by atoms with E-state index in [9.17, 15) is 18.0 Å². The maximum Gasteiger partial charge on any atom is 0.271 e. The summed E-state index contributed by atoms with van der Waals surface area (Å²) in [5.41, 5.74) is 7.55. The summed E-state index contributed by atoms with van der Waals surface area (Å²) in [6.45, 7) is 3.60. The van der Waals surface area contributed by atoms with Crippen LogP contribution in [0.4, 0.5) is 0 Å². The van der Waals surface area contributed by atoms with Crippen molar-refractivity contribution in [1.29, 1.82) is 0 Å². The van der Waals surface area contributed by atoms with Gasteiger partial charge in [-0.2, -0.15) is 0 Å². The molecule has 0 spiro atoms. The van der Waals surface area contributed by atoms with E-state index in [1.807, 2.05) is 48.7 Å². The number of rotatable bonds is 7. The second kappa shape index (κ2) is 10.4. The maximum atomic E-state index is 12.8. The molecule has 0 bridgehead atoms. The highest BCUT2D eigenvalue weighted by Gasteiger charge is 2.22. The molecule has 4 aromatic rings. The molecule has 2 aromatic heterocycles. The van der Waals surface area contributed by atoms with Crippen LogP contribution >= 0.6 is 11.6 Å². The van der Waals surface area contributed by atoms with Gasteiger partial charge in [0, 0.05) is 22.6 Å². The molecule has 4 rings (SSSR count). The Hall–Kier alpha value is -3.86. The fraction of sp³-hybridized carbons (Fsp3) is 0.120. The molecule has 0 atom stereocenters. The highest BCUT2D eigenvalue weighted by molar-refractivity contribution is 7.89. The van der Waals surface area contributed by atoms with Crippen LogP contribution in [0.1, 0.15) is 37.9 Å². The molecule has 0 saturated carbocycles. The Kier molecular flexibility index (Phi) is 7.30. The van der Waals surface area contributed by atoms with E-state index in [-0.39, 0.29) is 22.0 Å². The number of nitrogens with zero attached hydrogens (tertiary/aromatic N) is 1. The number of sulfonamides is 1. The molecule has 0 aliphatic rings. The average Bonchev–Trinajstić information content (AvgIpc) is 3.49. The van der Waals surface area contributed by atoms with Crippen LogP contribution in [0.2, 0.25) is 5.02 Å². The quantitative estimate of drug-likeness (QED) is 0.315. The van der Waals surface area contributed by atoms with Gasteiger partial charge in [0.15, 0.2) is 0 Å². The summed E-state index contributed by atoms with van der Waals surface area (Å²) in [4.78, 5) is 25.2. The van der Waals surface area contributed by atoms with Crippen molar-refractivity contribution >= 4 is 33.4 Å². The van der Waals surface area contributed by atoms with Crippen LogP contribution in [0, 0.1) is 13.8 Å². The predicted octanol–water partition coefficient (Wildman–Crippen LogP) is 3.89. The molecular formula is C25H23ClN4O5S. The second-order valence-corrected chi connectivity index (χ2v) is 10.1. The zero-order chi connectivity index (χ0) is 25.9. The van der Waals surface area contributed by atoms with Gasteiger partial charge in [-0.1, -0.05) is 29.8 Å². The number of amides is 2. The van der Waals surface area contributed by atoms with Gasteiger partial charge in [0.05, 0.1) is 23.4 Å². The second-order valence-electron chi connectivity index (χ2n) is 7.91. The molecule has 0 unspecified atom stereocenters. The van der Waals surface area contributed by atoms with Crippen LogP contribution in [0.3, 0.4) is 0 Å². The van der Waals surface area contributed by atoms with Crippen molar-refractivity contribution in [3.05, 3.63) is 106 Å². The Bertz CT molecular complexity index is 1510. The van der Waals surface area contributed by atoms with E-state index in [0.717, 1.165) is 17.4 Å². The molecule has 0 radical (unpaired) electrons. The Balaban J connectivity index is 1.46.